The average Bonchev–Trinajstić information content (AvgIpc) is 3.46. The molecular formula is C31H45N5O7S2. The standard InChI is InChI=1S/C31H45N5O7S2/c1-7-20(2)18-27(34-30(39)23-14-15-28(37)32-23)36(19-29(38)33-24(16-17-44-6)31(40)43-5)45(41,42)26-13-9-10-21-22(26)11-8-12-25(21)35(3)4/h8-13,20,23-24,27H,7,14-19H2,1-6H3,(H,32,37)(H,33,38)(H,34,39)/t20-,23-,24-,27?/m0/s1. The van der Waals surface area contributed by atoms with Crippen LogP contribution in [0, 0.1) is 5.92 Å². The number of thioether (sulfide) groups is 1. The van der Waals surface area contributed by atoms with Crippen molar-refractivity contribution in [1.82, 2.24) is 20.3 Å². The van der Waals surface area contributed by atoms with Crippen molar-refractivity contribution in [3.8, 4) is 0 Å². The molecule has 1 aliphatic heterocycles. The van der Waals surface area contributed by atoms with E-state index in [1.165, 1.54) is 24.9 Å². The van der Waals surface area contributed by atoms with E-state index >= 15 is 0 Å². The number of nitrogens with one attached hydrogen (secondary N) is 3. The molecule has 45 heavy (non-hydrogen) atoms. The fourth-order valence-electron chi connectivity index (χ4n) is 5.25. The Morgan fingerprint density at radius 3 is 2.40 bits per heavy atom. The first kappa shape index (κ1) is 36.1. The minimum Gasteiger partial charge on any atom is -0.467 e. The van der Waals surface area contributed by atoms with Crippen LogP contribution in [-0.4, -0.2) is 94.4 Å². The van der Waals surface area contributed by atoms with Crippen molar-refractivity contribution in [2.24, 2.45) is 5.92 Å². The zero-order chi connectivity index (χ0) is 33.3. The fraction of sp³-hybridized carbons (Fsp3) is 0.548. The summed E-state index contributed by atoms with van der Waals surface area (Å²) < 4.78 is 35.3. The van der Waals surface area contributed by atoms with Crippen LogP contribution in [-0.2, 0) is 33.9 Å². The van der Waals surface area contributed by atoms with Gasteiger partial charge in [0, 0.05) is 37.0 Å². The molecule has 3 rings (SSSR count). The number of hydrogen-bond acceptors (Lipinski definition) is 9. The summed E-state index contributed by atoms with van der Waals surface area (Å²) in [7, 11) is 0.500. The predicted molar refractivity (Wildman–Crippen MR) is 176 cm³/mol. The van der Waals surface area contributed by atoms with Crippen LogP contribution in [0.2, 0.25) is 0 Å². The minimum atomic E-state index is -4.45. The first-order valence-electron chi connectivity index (χ1n) is 15.0. The molecule has 2 aromatic carbocycles. The highest BCUT2D eigenvalue weighted by Crippen LogP contribution is 2.33. The molecule has 3 N–H and O–H groups in total. The summed E-state index contributed by atoms with van der Waals surface area (Å²) >= 11 is 1.49. The maximum atomic E-state index is 14.7. The van der Waals surface area contributed by atoms with Gasteiger partial charge in [-0.2, -0.15) is 16.1 Å². The van der Waals surface area contributed by atoms with E-state index < -0.39 is 52.6 Å². The molecule has 1 fully saturated rings. The van der Waals surface area contributed by atoms with Crippen molar-refractivity contribution in [2.45, 2.75) is 69.1 Å². The Morgan fingerprint density at radius 2 is 1.80 bits per heavy atom. The number of carbonyl (C=O) groups excluding carboxylic acids is 4. The lowest BCUT2D eigenvalue weighted by molar-refractivity contribution is -0.145. The maximum absolute atomic E-state index is 14.7. The second-order valence-electron chi connectivity index (χ2n) is 11.4. The van der Waals surface area contributed by atoms with E-state index in [1.807, 2.05) is 51.2 Å². The Balaban J connectivity index is 2.12. The molecule has 0 saturated carbocycles. The zero-order valence-corrected chi connectivity index (χ0v) is 28.4. The van der Waals surface area contributed by atoms with Crippen molar-refractivity contribution in [3.63, 3.8) is 0 Å². The largest absolute Gasteiger partial charge is 0.467 e. The summed E-state index contributed by atoms with van der Waals surface area (Å²) in [6.07, 6.45) is 2.38. The van der Waals surface area contributed by atoms with Gasteiger partial charge in [0.25, 0.3) is 0 Å². The summed E-state index contributed by atoms with van der Waals surface area (Å²) in [6, 6.07) is 8.52. The first-order valence-corrected chi connectivity index (χ1v) is 17.8. The number of esters is 1. The van der Waals surface area contributed by atoms with E-state index in [2.05, 4.69) is 16.0 Å². The van der Waals surface area contributed by atoms with Crippen molar-refractivity contribution in [1.29, 1.82) is 0 Å². The molecule has 1 saturated heterocycles. The van der Waals surface area contributed by atoms with E-state index in [1.54, 1.807) is 18.2 Å². The number of methoxy groups -OCH3 is 1. The third kappa shape index (κ3) is 9.10. The van der Waals surface area contributed by atoms with Gasteiger partial charge in [-0.1, -0.05) is 44.5 Å². The Bertz CT molecular complexity index is 1480. The van der Waals surface area contributed by atoms with Crippen LogP contribution >= 0.6 is 11.8 Å². The second kappa shape index (κ2) is 16.3. The van der Waals surface area contributed by atoms with Gasteiger partial charge >= 0.3 is 5.97 Å². The van der Waals surface area contributed by atoms with Gasteiger partial charge in [0.1, 0.15) is 12.1 Å². The van der Waals surface area contributed by atoms with E-state index in [0.717, 1.165) is 9.99 Å². The van der Waals surface area contributed by atoms with Crippen LogP contribution < -0.4 is 20.9 Å². The third-order valence-electron chi connectivity index (χ3n) is 7.95. The zero-order valence-electron chi connectivity index (χ0n) is 26.8. The molecule has 12 nitrogen and oxygen atoms in total. The van der Waals surface area contributed by atoms with Gasteiger partial charge in [0.05, 0.1) is 24.7 Å². The maximum Gasteiger partial charge on any atom is 0.328 e. The van der Waals surface area contributed by atoms with Gasteiger partial charge in [-0.3, -0.25) is 14.4 Å². The summed E-state index contributed by atoms with van der Waals surface area (Å²) in [6.45, 7) is 3.21. The molecule has 0 spiro atoms. The van der Waals surface area contributed by atoms with Crippen molar-refractivity contribution in [3.05, 3.63) is 36.4 Å². The predicted octanol–water partition coefficient (Wildman–Crippen LogP) is 2.46. The van der Waals surface area contributed by atoms with E-state index in [4.69, 9.17) is 4.74 Å². The van der Waals surface area contributed by atoms with Crippen molar-refractivity contribution >= 4 is 61.9 Å². The van der Waals surface area contributed by atoms with Gasteiger partial charge in [-0.05, 0) is 49.3 Å². The van der Waals surface area contributed by atoms with E-state index in [9.17, 15) is 27.6 Å². The highest BCUT2D eigenvalue weighted by Gasteiger charge is 2.38. The molecule has 0 bridgehead atoms. The smallest absolute Gasteiger partial charge is 0.328 e. The number of anilines is 1. The van der Waals surface area contributed by atoms with Crippen LogP contribution in [0.4, 0.5) is 5.69 Å². The normalized spacial score (nSPS) is 17.0. The topological polar surface area (TPSA) is 154 Å². The lowest BCUT2D eigenvalue weighted by Crippen LogP contribution is -2.57. The van der Waals surface area contributed by atoms with E-state index in [0.29, 0.717) is 22.9 Å². The van der Waals surface area contributed by atoms with Crippen LogP contribution in [0.15, 0.2) is 41.3 Å². The van der Waals surface area contributed by atoms with Crippen LogP contribution in [0.3, 0.4) is 0 Å². The number of sulfonamides is 1. The van der Waals surface area contributed by atoms with Gasteiger partial charge in [0.2, 0.25) is 27.7 Å². The van der Waals surface area contributed by atoms with E-state index in [-0.39, 0.29) is 42.4 Å². The average molecular weight is 664 g/mol. The monoisotopic (exact) mass is 663 g/mol. The van der Waals surface area contributed by atoms with Crippen molar-refractivity contribution < 1.29 is 32.3 Å². The molecule has 14 heteroatoms. The summed E-state index contributed by atoms with van der Waals surface area (Å²) in [5, 5.41) is 9.26. The van der Waals surface area contributed by atoms with Crippen molar-refractivity contribution in [2.75, 3.05) is 44.7 Å². The Kier molecular flexibility index (Phi) is 13.1. The summed E-state index contributed by atoms with van der Waals surface area (Å²) in [4.78, 5) is 53.1. The summed E-state index contributed by atoms with van der Waals surface area (Å²) in [5.74, 6) is -1.63. The van der Waals surface area contributed by atoms with Gasteiger partial charge in [-0.25, -0.2) is 13.2 Å². The molecular weight excluding hydrogens is 619 g/mol. The highest BCUT2D eigenvalue weighted by molar-refractivity contribution is 7.98. The number of fused-ring (bicyclic) bond motifs is 1. The number of carbonyl (C=O) groups is 4. The molecule has 1 aliphatic rings. The number of ether oxygens (including phenoxy) is 1. The first-order chi connectivity index (χ1) is 21.3. The number of amides is 3. The molecule has 4 atom stereocenters. The van der Waals surface area contributed by atoms with Crippen LogP contribution in [0.1, 0.15) is 46.0 Å². The molecule has 0 radical (unpaired) electrons. The number of hydrogen-bond donors (Lipinski definition) is 3. The number of rotatable bonds is 16. The third-order valence-corrected chi connectivity index (χ3v) is 10.5. The Hall–Kier alpha value is -3.36. The molecule has 248 valence electrons. The number of benzene rings is 2. The lowest BCUT2D eigenvalue weighted by Gasteiger charge is -2.34. The molecule has 2 aromatic rings. The van der Waals surface area contributed by atoms with Gasteiger partial charge < -0.3 is 25.6 Å². The highest BCUT2D eigenvalue weighted by atomic mass is 32.2. The number of nitrogens with zero attached hydrogens (tertiary/aromatic N) is 2. The molecule has 0 aromatic heterocycles. The van der Waals surface area contributed by atoms with Crippen LogP contribution in [0.5, 0.6) is 0 Å². The second-order valence-corrected chi connectivity index (χ2v) is 14.3. The molecule has 0 aliphatic carbocycles. The molecule has 1 heterocycles. The Morgan fingerprint density at radius 1 is 1.11 bits per heavy atom. The van der Waals surface area contributed by atoms with Crippen LogP contribution in [0.25, 0.3) is 10.8 Å². The quantitative estimate of drug-likeness (QED) is 0.182. The van der Waals surface area contributed by atoms with Gasteiger partial charge in [-0.15, -0.1) is 0 Å². The lowest BCUT2D eigenvalue weighted by atomic mass is 10.0. The van der Waals surface area contributed by atoms with Gasteiger partial charge in [0.15, 0.2) is 0 Å². The summed E-state index contributed by atoms with van der Waals surface area (Å²) in [5.41, 5.74) is 0.810. The Labute approximate surface area is 270 Å². The molecule has 1 unspecified atom stereocenters. The fourth-order valence-corrected chi connectivity index (χ4v) is 7.44. The minimum absolute atomic E-state index is 0.0269. The SMILES string of the molecule is CC[C@H](C)CC(NC(=O)[C@@H]1CCC(=O)N1)N(CC(=O)N[C@@H](CCSC)C(=O)OC)S(=O)(=O)c1cccc2c(N(C)C)cccc12. The molecule has 3 amide bonds.